The molecule has 3 aromatic rings. The van der Waals surface area contributed by atoms with Gasteiger partial charge in [-0.15, -0.1) is 0 Å². The lowest BCUT2D eigenvalue weighted by Gasteiger charge is -2.16. The van der Waals surface area contributed by atoms with Crippen LogP contribution in [0.25, 0.3) is 16.8 Å². The predicted molar refractivity (Wildman–Crippen MR) is 99.5 cm³/mol. The fourth-order valence-electron chi connectivity index (χ4n) is 2.60. The van der Waals surface area contributed by atoms with Crippen molar-refractivity contribution in [3.05, 3.63) is 66.9 Å². The highest BCUT2D eigenvalue weighted by atomic mass is 31.2. The van der Waals surface area contributed by atoms with Crippen molar-refractivity contribution in [1.29, 1.82) is 0 Å². The summed E-state index contributed by atoms with van der Waals surface area (Å²) in [6.45, 7) is 4.15. The Morgan fingerprint density at radius 1 is 0.920 bits per heavy atom. The highest BCUT2D eigenvalue weighted by Crippen LogP contribution is 2.48. The Morgan fingerprint density at radius 2 is 1.48 bits per heavy atom. The van der Waals surface area contributed by atoms with Crippen LogP contribution in [0.1, 0.15) is 13.8 Å². The van der Waals surface area contributed by atoms with Gasteiger partial charge in [0.25, 0.3) is 0 Å². The fraction of sp³-hybridized carbons (Fsp3) is 0.211. The van der Waals surface area contributed by atoms with Crippen molar-refractivity contribution in [3.63, 3.8) is 0 Å². The molecule has 0 bridgehead atoms. The molecule has 0 saturated heterocycles. The molecule has 0 aliphatic carbocycles. The smallest absolute Gasteiger partial charge is 0.304 e. The minimum Gasteiger partial charge on any atom is -0.304 e. The van der Waals surface area contributed by atoms with E-state index in [4.69, 9.17) is 9.05 Å². The third kappa shape index (κ3) is 3.74. The topological polar surface area (TPSA) is 53.4 Å². The standard InChI is InChI=1S/C19H21N2O3P/c1-3-23-25(22,24-4-2)19-18(16-11-7-5-8-12-16)15-21(20-19)17-13-9-6-10-14-17/h5-15H,3-4H2,1-2H3. The summed E-state index contributed by atoms with van der Waals surface area (Å²) in [6, 6.07) is 19.4. The van der Waals surface area contributed by atoms with Crippen LogP contribution in [0.2, 0.25) is 0 Å². The molecule has 6 heteroatoms. The summed E-state index contributed by atoms with van der Waals surface area (Å²) in [5.74, 6) is 0. The van der Waals surface area contributed by atoms with Crippen molar-refractivity contribution >= 4 is 13.0 Å². The highest BCUT2D eigenvalue weighted by molar-refractivity contribution is 7.62. The van der Waals surface area contributed by atoms with E-state index in [1.165, 1.54) is 0 Å². The molecule has 130 valence electrons. The van der Waals surface area contributed by atoms with Crippen molar-refractivity contribution in [3.8, 4) is 16.8 Å². The molecule has 1 heterocycles. The number of hydrogen-bond donors (Lipinski definition) is 0. The van der Waals surface area contributed by atoms with Crippen molar-refractivity contribution < 1.29 is 13.6 Å². The van der Waals surface area contributed by atoms with E-state index >= 15 is 0 Å². The number of benzene rings is 2. The Morgan fingerprint density at radius 3 is 2.04 bits per heavy atom. The lowest BCUT2D eigenvalue weighted by atomic mass is 10.1. The first kappa shape index (κ1) is 17.6. The third-order valence-electron chi connectivity index (χ3n) is 3.66. The van der Waals surface area contributed by atoms with Gasteiger partial charge >= 0.3 is 7.60 Å². The molecular weight excluding hydrogens is 335 g/mol. The molecule has 0 saturated carbocycles. The molecule has 1 aromatic heterocycles. The number of hydrogen-bond acceptors (Lipinski definition) is 4. The molecule has 25 heavy (non-hydrogen) atoms. The van der Waals surface area contributed by atoms with Crippen LogP contribution in [0.4, 0.5) is 0 Å². The zero-order chi connectivity index (χ0) is 17.7. The van der Waals surface area contributed by atoms with E-state index in [0.29, 0.717) is 5.44 Å². The van der Waals surface area contributed by atoms with Crippen molar-refractivity contribution in [1.82, 2.24) is 9.78 Å². The Labute approximate surface area is 147 Å². The Bertz CT molecular complexity index is 853. The van der Waals surface area contributed by atoms with Gasteiger partial charge in [0.1, 0.15) is 0 Å². The van der Waals surface area contributed by atoms with Crippen molar-refractivity contribution in [2.24, 2.45) is 0 Å². The number of aromatic nitrogens is 2. The molecule has 5 nitrogen and oxygen atoms in total. The number of nitrogens with zero attached hydrogens (tertiary/aromatic N) is 2. The highest BCUT2D eigenvalue weighted by Gasteiger charge is 2.34. The zero-order valence-corrected chi connectivity index (χ0v) is 15.2. The van der Waals surface area contributed by atoms with E-state index in [1.807, 2.05) is 66.9 Å². The zero-order valence-electron chi connectivity index (χ0n) is 14.3. The van der Waals surface area contributed by atoms with Gasteiger partial charge in [-0.3, -0.25) is 4.57 Å². The molecule has 0 unspecified atom stereocenters. The van der Waals surface area contributed by atoms with Crippen molar-refractivity contribution in [2.75, 3.05) is 13.2 Å². The van der Waals surface area contributed by atoms with Crippen LogP contribution in [0, 0.1) is 0 Å². The first-order chi connectivity index (χ1) is 12.2. The van der Waals surface area contributed by atoms with E-state index in [1.54, 1.807) is 18.5 Å². The van der Waals surface area contributed by atoms with Gasteiger partial charge in [-0.1, -0.05) is 48.5 Å². The monoisotopic (exact) mass is 356 g/mol. The van der Waals surface area contributed by atoms with Crippen LogP contribution in [-0.2, 0) is 13.6 Å². The molecule has 3 rings (SSSR count). The second-order valence-corrected chi connectivity index (χ2v) is 7.28. The van der Waals surface area contributed by atoms with Gasteiger partial charge in [-0.05, 0) is 31.5 Å². The van der Waals surface area contributed by atoms with Gasteiger partial charge in [0, 0.05) is 11.8 Å². The SMILES string of the molecule is CCOP(=O)(OCC)c1nn(-c2ccccc2)cc1-c1ccccc1. The lowest BCUT2D eigenvalue weighted by Crippen LogP contribution is -2.15. The van der Waals surface area contributed by atoms with E-state index in [2.05, 4.69) is 5.10 Å². The Balaban J connectivity index is 2.18. The van der Waals surface area contributed by atoms with Crippen molar-refractivity contribution in [2.45, 2.75) is 13.8 Å². The number of rotatable bonds is 7. The second kappa shape index (κ2) is 7.79. The molecule has 2 aromatic carbocycles. The minimum absolute atomic E-state index is 0.281. The molecule has 0 atom stereocenters. The maximum atomic E-state index is 13.3. The Hall–Kier alpha value is -2.20. The summed E-state index contributed by atoms with van der Waals surface area (Å²) in [5, 5.41) is 4.57. The summed E-state index contributed by atoms with van der Waals surface area (Å²) >= 11 is 0. The van der Waals surface area contributed by atoms with Gasteiger partial charge in [0.05, 0.1) is 18.9 Å². The molecule has 0 aliphatic rings. The first-order valence-electron chi connectivity index (χ1n) is 8.28. The predicted octanol–water partition coefficient (Wildman–Crippen LogP) is 4.43. The summed E-state index contributed by atoms with van der Waals surface area (Å²) in [4.78, 5) is 0. The van der Waals surface area contributed by atoms with Gasteiger partial charge in [0.15, 0.2) is 5.44 Å². The summed E-state index contributed by atoms with van der Waals surface area (Å²) in [6.07, 6.45) is 1.87. The summed E-state index contributed by atoms with van der Waals surface area (Å²) in [7, 11) is -3.51. The molecule has 0 aliphatic heterocycles. The van der Waals surface area contributed by atoms with E-state index < -0.39 is 7.60 Å². The van der Waals surface area contributed by atoms with Crippen LogP contribution in [0.5, 0.6) is 0 Å². The van der Waals surface area contributed by atoms with Crippen LogP contribution in [-0.4, -0.2) is 23.0 Å². The van der Waals surface area contributed by atoms with Crippen LogP contribution >= 0.6 is 7.60 Å². The molecule has 0 spiro atoms. The first-order valence-corrected chi connectivity index (χ1v) is 9.82. The summed E-state index contributed by atoms with van der Waals surface area (Å²) < 4.78 is 26.1. The third-order valence-corrected chi connectivity index (χ3v) is 5.70. The molecular formula is C19H21N2O3P. The average molecular weight is 356 g/mol. The van der Waals surface area contributed by atoms with Gasteiger partial charge in [-0.25, -0.2) is 4.68 Å². The maximum Gasteiger partial charge on any atom is 0.382 e. The van der Waals surface area contributed by atoms with Gasteiger partial charge in [-0.2, -0.15) is 5.10 Å². The Kier molecular flexibility index (Phi) is 5.49. The van der Waals surface area contributed by atoms with E-state index in [-0.39, 0.29) is 13.2 Å². The molecule has 0 radical (unpaired) electrons. The van der Waals surface area contributed by atoms with Gasteiger partial charge < -0.3 is 9.05 Å². The quantitative estimate of drug-likeness (QED) is 0.588. The fourth-order valence-corrected chi connectivity index (χ4v) is 4.29. The number of para-hydroxylation sites is 1. The maximum absolute atomic E-state index is 13.3. The van der Waals surface area contributed by atoms with E-state index in [0.717, 1.165) is 16.8 Å². The lowest BCUT2D eigenvalue weighted by molar-refractivity contribution is 0.229. The van der Waals surface area contributed by atoms with Crippen LogP contribution in [0.15, 0.2) is 66.9 Å². The normalized spacial score (nSPS) is 11.6. The molecule has 0 fully saturated rings. The average Bonchev–Trinajstić information content (AvgIpc) is 3.10. The van der Waals surface area contributed by atoms with Gasteiger partial charge in [0.2, 0.25) is 0 Å². The summed E-state index contributed by atoms with van der Waals surface area (Å²) in [5.41, 5.74) is 2.88. The largest absolute Gasteiger partial charge is 0.382 e. The van der Waals surface area contributed by atoms with E-state index in [9.17, 15) is 4.57 Å². The minimum atomic E-state index is -3.51. The molecule has 0 N–H and O–H groups in total. The van der Waals surface area contributed by atoms with Crippen LogP contribution in [0.3, 0.4) is 0 Å². The second-order valence-electron chi connectivity index (χ2n) is 5.35. The van der Waals surface area contributed by atoms with Crippen LogP contribution < -0.4 is 5.44 Å². The molecule has 0 amide bonds.